The van der Waals surface area contributed by atoms with E-state index in [4.69, 9.17) is 11.6 Å². The van der Waals surface area contributed by atoms with Crippen LogP contribution >= 0.6 is 11.6 Å². The van der Waals surface area contributed by atoms with E-state index in [1.54, 1.807) is 0 Å². The minimum atomic E-state index is 0.453. The van der Waals surface area contributed by atoms with E-state index in [0.29, 0.717) is 11.9 Å². The largest absolute Gasteiger partial charge is 0.341 e. The van der Waals surface area contributed by atoms with E-state index in [9.17, 15) is 0 Å². The number of anilines is 1. The van der Waals surface area contributed by atoms with E-state index < -0.39 is 0 Å². The molecule has 0 saturated heterocycles. The van der Waals surface area contributed by atoms with Gasteiger partial charge in [-0.05, 0) is 25.8 Å². The number of halogens is 1. The molecule has 2 rings (SSSR count). The second-order valence-corrected chi connectivity index (χ2v) is 4.04. The zero-order chi connectivity index (χ0) is 10.1. The molecule has 0 unspecified atom stereocenters. The van der Waals surface area contributed by atoms with Crippen LogP contribution in [-0.4, -0.2) is 23.1 Å². The third-order valence-corrected chi connectivity index (χ3v) is 2.72. The fraction of sp³-hybridized carbons (Fsp3) is 0.600. The van der Waals surface area contributed by atoms with Crippen LogP contribution in [0.3, 0.4) is 0 Å². The Morgan fingerprint density at radius 2 is 2.21 bits per heavy atom. The van der Waals surface area contributed by atoms with Gasteiger partial charge in [0, 0.05) is 18.8 Å². The zero-order valence-corrected chi connectivity index (χ0v) is 9.25. The molecule has 0 amide bonds. The summed E-state index contributed by atoms with van der Waals surface area (Å²) < 4.78 is 0. The lowest BCUT2D eigenvalue weighted by molar-refractivity contribution is 0.845. The van der Waals surface area contributed by atoms with E-state index in [-0.39, 0.29) is 0 Å². The highest BCUT2D eigenvalue weighted by Gasteiger charge is 2.28. The SMILES string of the molecule is Cc1cc(CCl)nc(N(C)C2CC2)n1. The van der Waals surface area contributed by atoms with Gasteiger partial charge in [0.2, 0.25) is 5.95 Å². The first-order chi connectivity index (χ1) is 6.70. The molecule has 0 aromatic carbocycles. The number of aromatic nitrogens is 2. The van der Waals surface area contributed by atoms with Crippen molar-refractivity contribution in [3.8, 4) is 0 Å². The number of alkyl halides is 1. The van der Waals surface area contributed by atoms with Crippen molar-refractivity contribution >= 4 is 17.5 Å². The molecule has 1 aromatic rings. The van der Waals surface area contributed by atoms with Crippen molar-refractivity contribution in [2.75, 3.05) is 11.9 Å². The van der Waals surface area contributed by atoms with Gasteiger partial charge in [-0.3, -0.25) is 0 Å². The van der Waals surface area contributed by atoms with Gasteiger partial charge >= 0.3 is 0 Å². The first-order valence-corrected chi connectivity index (χ1v) is 5.37. The summed E-state index contributed by atoms with van der Waals surface area (Å²) in [7, 11) is 2.05. The van der Waals surface area contributed by atoms with Crippen molar-refractivity contribution in [3.05, 3.63) is 17.5 Å². The van der Waals surface area contributed by atoms with Crippen LogP contribution in [0.2, 0.25) is 0 Å². The Bertz CT molecular complexity index is 336. The maximum absolute atomic E-state index is 5.76. The quantitative estimate of drug-likeness (QED) is 0.718. The van der Waals surface area contributed by atoms with Crippen molar-refractivity contribution in [1.29, 1.82) is 0 Å². The van der Waals surface area contributed by atoms with Crippen molar-refractivity contribution in [2.45, 2.75) is 31.7 Å². The lowest BCUT2D eigenvalue weighted by Gasteiger charge is -2.16. The number of hydrogen-bond acceptors (Lipinski definition) is 3. The average Bonchev–Trinajstić information content (AvgIpc) is 2.99. The maximum Gasteiger partial charge on any atom is 0.225 e. The fourth-order valence-corrected chi connectivity index (χ4v) is 1.61. The van der Waals surface area contributed by atoms with Gasteiger partial charge in [0.25, 0.3) is 0 Å². The molecule has 1 fully saturated rings. The second kappa shape index (κ2) is 3.73. The molecule has 1 heterocycles. The average molecular weight is 212 g/mol. The van der Waals surface area contributed by atoms with Crippen molar-refractivity contribution in [1.82, 2.24) is 9.97 Å². The molecule has 76 valence electrons. The summed E-state index contributed by atoms with van der Waals surface area (Å²) in [6.07, 6.45) is 2.51. The van der Waals surface area contributed by atoms with Crippen LogP contribution in [-0.2, 0) is 5.88 Å². The van der Waals surface area contributed by atoms with E-state index in [0.717, 1.165) is 17.3 Å². The molecule has 3 nitrogen and oxygen atoms in total. The van der Waals surface area contributed by atoms with E-state index in [1.807, 2.05) is 20.0 Å². The maximum atomic E-state index is 5.76. The predicted molar refractivity (Wildman–Crippen MR) is 57.8 cm³/mol. The molecule has 0 radical (unpaired) electrons. The predicted octanol–water partition coefficient (Wildman–Crippen LogP) is 2.12. The summed E-state index contributed by atoms with van der Waals surface area (Å²) >= 11 is 5.76. The first-order valence-electron chi connectivity index (χ1n) is 4.84. The topological polar surface area (TPSA) is 29.0 Å². The lowest BCUT2D eigenvalue weighted by atomic mass is 10.3. The highest BCUT2D eigenvalue weighted by molar-refractivity contribution is 6.16. The van der Waals surface area contributed by atoms with Crippen LogP contribution in [0.25, 0.3) is 0 Å². The van der Waals surface area contributed by atoms with Gasteiger partial charge in [-0.1, -0.05) is 0 Å². The Morgan fingerprint density at radius 3 is 2.79 bits per heavy atom. The van der Waals surface area contributed by atoms with Crippen molar-refractivity contribution in [2.24, 2.45) is 0 Å². The molecule has 1 aliphatic rings. The van der Waals surface area contributed by atoms with Crippen LogP contribution in [0.5, 0.6) is 0 Å². The zero-order valence-electron chi connectivity index (χ0n) is 8.50. The standard InChI is InChI=1S/C10H14ClN3/c1-7-5-8(6-11)13-10(12-7)14(2)9-3-4-9/h5,9H,3-4,6H2,1-2H3. The molecular weight excluding hydrogens is 198 g/mol. The van der Waals surface area contributed by atoms with Crippen LogP contribution in [0.1, 0.15) is 24.2 Å². The normalized spacial score (nSPS) is 15.6. The Labute approximate surface area is 89.1 Å². The smallest absolute Gasteiger partial charge is 0.225 e. The highest BCUT2D eigenvalue weighted by Crippen LogP contribution is 2.28. The van der Waals surface area contributed by atoms with Crippen LogP contribution in [0.4, 0.5) is 5.95 Å². The third-order valence-electron chi connectivity index (χ3n) is 2.44. The molecule has 0 N–H and O–H groups in total. The molecule has 0 bridgehead atoms. The van der Waals surface area contributed by atoms with Gasteiger partial charge in [0.05, 0.1) is 11.6 Å². The van der Waals surface area contributed by atoms with Crippen LogP contribution < -0.4 is 4.90 Å². The van der Waals surface area contributed by atoms with Crippen molar-refractivity contribution in [3.63, 3.8) is 0 Å². The number of hydrogen-bond donors (Lipinski definition) is 0. The van der Waals surface area contributed by atoms with Gasteiger partial charge in [-0.25, -0.2) is 9.97 Å². The molecule has 0 spiro atoms. The number of rotatable bonds is 3. The number of aryl methyl sites for hydroxylation is 1. The molecular formula is C10H14ClN3. The Hall–Kier alpha value is -0.830. The molecule has 4 heteroatoms. The Balaban J connectivity index is 2.27. The van der Waals surface area contributed by atoms with E-state index in [2.05, 4.69) is 14.9 Å². The molecule has 1 saturated carbocycles. The monoisotopic (exact) mass is 211 g/mol. The van der Waals surface area contributed by atoms with Gasteiger partial charge in [0.1, 0.15) is 0 Å². The van der Waals surface area contributed by atoms with Gasteiger partial charge in [-0.15, -0.1) is 11.6 Å². The van der Waals surface area contributed by atoms with Gasteiger partial charge in [-0.2, -0.15) is 0 Å². The third kappa shape index (κ3) is 1.98. The van der Waals surface area contributed by atoms with Gasteiger partial charge in [0.15, 0.2) is 0 Å². The molecule has 1 aliphatic carbocycles. The summed E-state index contributed by atoms with van der Waals surface area (Å²) in [6.45, 7) is 1.97. The minimum Gasteiger partial charge on any atom is -0.341 e. The van der Waals surface area contributed by atoms with Crippen LogP contribution in [0, 0.1) is 6.92 Å². The van der Waals surface area contributed by atoms with E-state index in [1.165, 1.54) is 12.8 Å². The van der Waals surface area contributed by atoms with Crippen LogP contribution in [0.15, 0.2) is 6.07 Å². The Kier molecular flexibility index (Phi) is 2.59. The first kappa shape index (κ1) is 9.71. The molecule has 0 aliphatic heterocycles. The van der Waals surface area contributed by atoms with Crippen molar-refractivity contribution < 1.29 is 0 Å². The summed E-state index contributed by atoms with van der Waals surface area (Å²) in [6, 6.07) is 2.57. The number of nitrogens with zero attached hydrogens (tertiary/aromatic N) is 3. The minimum absolute atomic E-state index is 0.453. The summed E-state index contributed by atoms with van der Waals surface area (Å²) in [5.41, 5.74) is 1.89. The molecule has 1 aromatic heterocycles. The Morgan fingerprint density at radius 1 is 1.50 bits per heavy atom. The lowest BCUT2D eigenvalue weighted by Crippen LogP contribution is -2.22. The summed E-state index contributed by atoms with van der Waals surface area (Å²) in [4.78, 5) is 10.9. The fourth-order valence-electron chi connectivity index (χ4n) is 1.47. The highest BCUT2D eigenvalue weighted by atomic mass is 35.5. The molecule has 0 atom stereocenters. The van der Waals surface area contributed by atoms with E-state index >= 15 is 0 Å². The van der Waals surface area contributed by atoms with Gasteiger partial charge < -0.3 is 4.90 Å². The summed E-state index contributed by atoms with van der Waals surface area (Å²) in [5, 5.41) is 0. The summed E-state index contributed by atoms with van der Waals surface area (Å²) in [5.74, 6) is 1.26. The second-order valence-electron chi connectivity index (χ2n) is 3.78. The molecule has 14 heavy (non-hydrogen) atoms.